The van der Waals surface area contributed by atoms with Crippen LogP contribution in [-0.4, -0.2) is 48.1 Å². The fraction of sp³-hybridized carbons (Fsp3) is 0.455. The number of pyridine rings is 1. The van der Waals surface area contributed by atoms with Crippen molar-refractivity contribution in [1.29, 1.82) is 0 Å². The Hall–Kier alpha value is -1.82. The molecule has 0 spiro atoms. The highest BCUT2D eigenvalue weighted by Crippen LogP contribution is 2.16. The first-order chi connectivity index (χ1) is 8.00. The van der Waals surface area contributed by atoms with Crippen LogP contribution < -0.4 is 11.1 Å². The molecule has 0 aliphatic heterocycles. The lowest BCUT2D eigenvalue weighted by Gasteiger charge is -2.11. The lowest BCUT2D eigenvalue weighted by molar-refractivity contribution is 0.0696. The molecule has 17 heavy (non-hydrogen) atoms. The molecule has 0 radical (unpaired) electrons. The van der Waals surface area contributed by atoms with Crippen LogP contribution in [0.5, 0.6) is 0 Å². The van der Waals surface area contributed by atoms with Crippen LogP contribution in [0, 0.1) is 0 Å². The van der Waals surface area contributed by atoms with E-state index in [0.29, 0.717) is 11.5 Å². The zero-order chi connectivity index (χ0) is 12.8. The number of rotatable bonds is 6. The van der Waals surface area contributed by atoms with Gasteiger partial charge in [0, 0.05) is 12.7 Å². The van der Waals surface area contributed by atoms with Crippen LogP contribution in [0.1, 0.15) is 16.8 Å². The molecule has 0 atom stereocenters. The van der Waals surface area contributed by atoms with Gasteiger partial charge in [-0.3, -0.25) is 0 Å². The quantitative estimate of drug-likeness (QED) is 0.633. The lowest BCUT2D eigenvalue weighted by atomic mass is 10.2. The topological polar surface area (TPSA) is 91.5 Å². The number of nitrogens with one attached hydrogen (secondary N) is 1. The van der Waals surface area contributed by atoms with E-state index in [-0.39, 0.29) is 5.56 Å². The number of hydrogen-bond donors (Lipinski definition) is 3. The van der Waals surface area contributed by atoms with Crippen LogP contribution in [0.4, 0.5) is 11.5 Å². The van der Waals surface area contributed by atoms with Crippen LogP contribution in [0.15, 0.2) is 12.3 Å². The van der Waals surface area contributed by atoms with E-state index < -0.39 is 5.97 Å². The maximum atomic E-state index is 10.7. The van der Waals surface area contributed by atoms with Gasteiger partial charge in [0.05, 0.1) is 11.3 Å². The Morgan fingerprint density at radius 3 is 2.82 bits per heavy atom. The lowest BCUT2D eigenvalue weighted by Crippen LogP contribution is -2.17. The molecule has 1 aromatic heterocycles. The van der Waals surface area contributed by atoms with Gasteiger partial charge in [-0.05, 0) is 33.1 Å². The molecule has 1 rings (SSSR count). The van der Waals surface area contributed by atoms with Gasteiger partial charge < -0.3 is 21.1 Å². The van der Waals surface area contributed by atoms with Crippen molar-refractivity contribution in [1.82, 2.24) is 9.88 Å². The highest BCUT2D eigenvalue weighted by Gasteiger charge is 2.07. The molecule has 0 aliphatic rings. The molecule has 1 heterocycles. The Morgan fingerprint density at radius 2 is 2.29 bits per heavy atom. The molecular formula is C11H18N4O2. The molecule has 0 saturated carbocycles. The maximum absolute atomic E-state index is 10.7. The number of nitrogens with two attached hydrogens (primary N) is 1. The highest BCUT2D eigenvalue weighted by molar-refractivity contribution is 5.89. The van der Waals surface area contributed by atoms with E-state index in [4.69, 9.17) is 10.8 Å². The van der Waals surface area contributed by atoms with Crippen molar-refractivity contribution < 1.29 is 9.90 Å². The predicted molar refractivity (Wildman–Crippen MR) is 67.3 cm³/mol. The average Bonchev–Trinajstić information content (AvgIpc) is 2.25. The van der Waals surface area contributed by atoms with E-state index in [1.807, 2.05) is 14.1 Å². The summed E-state index contributed by atoms with van der Waals surface area (Å²) in [5.41, 5.74) is 6.16. The normalized spacial score (nSPS) is 10.5. The number of nitrogens with zero attached hydrogens (tertiary/aromatic N) is 2. The van der Waals surface area contributed by atoms with E-state index in [1.54, 1.807) is 0 Å². The van der Waals surface area contributed by atoms with Gasteiger partial charge >= 0.3 is 5.97 Å². The first-order valence-corrected chi connectivity index (χ1v) is 5.38. The maximum Gasteiger partial charge on any atom is 0.337 e. The summed E-state index contributed by atoms with van der Waals surface area (Å²) >= 11 is 0. The first-order valence-electron chi connectivity index (χ1n) is 5.38. The summed E-state index contributed by atoms with van der Waals surface area (Å²) in [6.45, 7) is 1.72. The second kappa shape index (κ2) is 6.05. The first kappa shape index (κ1) is 13.2. The number of hydrogen-bond acceptors (Lipinski definition) is 5. The van der Waals surface area contributed by atoms with E-state index >= 15 is 0 Å². The van der Waals surface area contributed by atoms with E-state index in [0.717, 1.165) is 19.5 Å². The predicted octanol–water partition coefficient (Wildman–Crippen LogP) is 0.726. The Labute approximate surface area is 100 Å². The van der Waals surface area contributed by atoms with Crippen molar-refractivity contribution in [3.05, 3.63) is 17.8 Å². The Balaban J connectivity index is 2.52. The van der Waals surface area contributed by atoms with E-state index in [9.17, 15) is 4.79 Å². The van der Waals surface area contributed by atoms with Crippen LogP contribution >= 0.6 is 0 Å². The summed E-state index contributed by atoms with van der Waals surface area (Å²) in [5, 5.41) is 11.8. The molecular weight excluding hydrogens is 220 g/mol. The van der Waals surface area contributed by atoms with Crippen molar-refractivity contribution in [3.63, 3.8) is 0 Å². The van der Waals surface area contributed by atoms with Crippen molar-refractivity contribution in [2.45, 2.75) is 6.42 Å². The van der Waals surface area contributed by atoms with E-state index in [2.05, 4.69) is 15.2 Å². The zero-order valence-corrected chi connectivity index (χ0v) is 10.1. The van der Waals surface area contributed by atoms with Crippen LogP contribution in [0.3, 0.4) is 0 Å². The second-order valence-corrected chi connectivity index (χ2v) is 4.05. The van der Waals surface area contributed by atoms with Gasteiger partial charge in [0.25, 0.3) is 0 Å². The number of nitrogen functional groups attached to an aromatic ring is 1. The summed E-state index contributed by atoms with van der Waals surface area (Å²) in [5.74, 6) is -0.489. The number of aromatic carboxylic acids is 1. The smallest absolute Gasteiger partial charge is 0.337 e. The third-order valence-electron chi connectivity index (χ3n) is 2.24. The number of carbonyl (C=O) groups is 1. The Kier molecular flexibility index (Phi) is 4.71. The highest BCUT2D eigenvalue weighted by atomic mass is 16.4. The second-order valence-electron chi connectivity index (χ2n) is 4.05. The third kappa shape index (κ3) is 4.28. The summed E-state index contributed by atoms with van der Waals surface area (Å²) in [6.07, 6.45) is 2.27. The van der Waals surface area contributed by atoms with Gasteiger partial charge in [-0.2, -0.15) is 0 Å². The monoisotopic (exact) mass is 238 g/mol. The van der Waals surface area contributed by atoms with Gasteiger partial charge in [-0.25, -0.2) is 9.78 Å². The van der Waals surface area contributed by atoms with Crippen LogP contribution in [0.2, 0.25) is 0 Å². The van der Waals surface area contributed by atoms with Crippen molar-refractivity contribution in [2.24, 2.45) is 0 Å². The number of anilines is 2. The number of aromatic nitrogens is 1. The van der Waals surface area contributed by atoms with E-state index in [1.165, 1.54) is 12.3 Å². The molecule has 0 unspecified atom stereocenters. The third-order valence-corrected chi connectivity index (χ3v) is 2.24. The van der Waals surface area contributed by atoms with Crippen LogP contribution in [0.25, 0.3) is 0 Å². The van der Waals surface area contributed by atoms with Gasteiger partial charge in [0.2, 0.25) is 0 Å². The molecule has 1 aromatic rings. The molecule has 4 N–H and O–H groups in total. The fourth-order valence-electron chi connectivity index (χ4n) is 1.35. The Morgan fingerprint density at radius 1 is 1.59 bits per heavy atom. The zero-order valence-electron chi connectivity index (χ0n) is 10.1. The van der Waals surface area contributed by atoms with Crippen LogP contribution in [-0.2, 0) is 0 Å². The molecule has 0 amide bonds. The summed E-state index contributed by atoms with van der Waals surface area (Å²) in [4.78, 5) is 16.8. The number of carboxylic acid groups (broad SMARTS) is 1. The Bertz CT molecular complexity index is 393. The SMILES string of the molecule is CN(C)CCCNc1ncc(C(=O)O)cc1N. The van der Waals surface area contributed by atoms with Gasteiger partial charge in [0.1, 0.15) is 5.82 Å². The average molecular weight is 238 g/mol. The van der Waals surface area contributed by atoms with Gasteiger partial charge in [-0.1, -0.05) is 0 Å². The molecule has 0 aromatic carbocycles. The minimum atomic E-state index is -1.02. The fourth-order valence-corrected chi connectivity index (χ4v) is 1.35. The van der Waals surface area contributed by atoms with Gasteiger partial charge in [-0.15, -0.1) is 0 Å². The van der Waals surface area contributed by atoms with Crippen molar-refractivity contribution in [2.75, 3.05) is 38.2 Å². The molecule has 0 saturated heterocycles. The molecule has 0 aliphatic carbocycles. The molecule has 94 valence electrons. The molecule has 6 nitrogen and oxygen atoms in total. The minimum absolute atomic E-state index is 0.0985. The standard InChI is InChI=1S/C11H18N4O2/c1-15(2)5-3-4-13-10-9(12)6-8(7-14-10)11(16)17/h6-7H,3-5,12H2,1-2H3,(H,13,14)(H,16,17). The van der Waals surface area contributed by atoms with Gasteiger partial charge in [0.15, 0.2) is 0 Å². The van der Waals surface area contributed by atoms with Crippen molar-refractivity contribution >= 4 is 17.5 Å². The summed E-state index contributed by atoms with van der Waals surface area (Å²) in [6, 6.07) is 1.41. The molecule has 6 heteroatoms. The summed E-state index contributed by atoms with van der Waals surface area (Å²) in [7, 11) is 4.02. The number of carboxylic acids is 1. The largest absolute Gasteiger partial charge is 0.478 e. The molecule has 0 bridgehead atoms. The van der Waals surface area contributed by atoms with Crippen molar-refractivity contribution in [3.8, 4) is 0 Å². The summed E-state index contributed by atoms with van der Waals surface area (Å²) < 4.78 is 0. The molecule has 0 fully saturated rings. The minimum Gasteiger partial charge on any atom is -0.478 e.